The van der Waals surface area contributed by atoms with E-state index in [1.165, 1.54) is 5.56 Å². The van der Waals surface area contributed by atoms with Crippen LogP contribution in [0.3, 0.4) is 0 Å². The van der Waals surface area contributed by atoms with Gasteiger partial charge in [-0.1, -0.05) is 33.3 Å². The van der Waals surface area contributed by atoms with Crippen LogP contribution >= 0.6 is 27.3 Å². The summed E-state index contributed by atoms with van der Waals surface area (Å²) in [5.74, 6) is -0.00439. The molecular formula is C22H24BrN3O2S. The van der Waals surface area contributed by atoms with Crippen LogP contribution in [-0.2, 0) is 4.74 Å². The molecule has 1 aromatic heterocycles. The molecule has 0 N–H and O–H groups in total. The number of morpholine rings is 1. The zero-order chi connectivity index (χ0) is 20.2. The van der Waals surface area contributed by atoms with Gasteiger partial charge in [0.1, 0.15) is 0 Å². The fraction of sp³-hybridized carbons (Fsp3) is 0.364. The van der Waals surface area contributed by atoms with Gasteiger partial charge in [0.05, 0.1) is 23.4 Å². The molecule has 29 heavy (non-hydrogen) atoms. The van der Waals surface area contributed by atoms with Gasteiger partial charge in [0.2, 0.25) is 0 Å². The number of rotatable bonds is 6. The minimum absolute atomic E-state index is 0.00439. The van der Waals surface area contributed by atoms with Crippen LogP contribution in [0.2, 0.25) is 0 Å². The summed E-state index contributed by atoms with van der Waals surface area (Å²) in [6, 6.07) is 13.7. The molecule has 1 saturated heterocycles. The van der Waals surface area contributed by atoms with E-state index < -0.39 is 0 Å². The van der Waals surface area contributed by atoms with Gasteiger partial charge in [-0.3, -0.25) is 14.6 Å². The third-order valence-corrected chi connectivity index (χ3v) is 6.63. The number of aryl methyl sites for hydroxylation is 1. The molecular weight excluding hydrogens is 450 g/mol. The van der Waals surface area contributed by atoms with Crippen molar-refractivity contribution >= 4 is 48.5 Å². The topological polar surface area (TPSA) is 45.7 Å². The van der Waals surface area contributed by atoms with Gasteiger partial charge >= 0.3 is 0 Å². The van der Waals surface area contributed by atoms with Crippen molar-refractivity contribution < 1.29 is 9.53 Å². The second-order valence-corrected chi connectivity index (χ2v) is 9.16. The number of carbonyl (C=O) groups excluding carboxylic acids is 1. The molecule has 3 aromatic rings. The molecule has 0 saturated carbocycles. The largest absolute Gasteiger partial charge is 0.379 e. The molecule has 7 heteroatoms. The third kappa shape index (κ3) is 5.04. The van der Waals surface area contributed by atoms with E-state index in [1.807, 2.05) is 35.2 Å². The second kappa shape index (κ2) is 9.34. The van der Waals surface area contributed by atoms with Crippen LogP contribution in [0.5, 0.6) is 0 Å². The van der Waals surface area contributed by atoms with Gasteiger partial charge in [-0.15, -0.1) is 0 Å². The Bertz CT molecular complexity index is 983. The lowest BCUT2D eigenvalue weighted by molar-refractivity contribution is 0.0376. The normalized spacial score (nSPS) is 15.0. The van der Waals surface area contributed by atoms with E-state index in [9.17, 15) is 4.79 Å². The molecule has 0 bridgehead atoms. The lowest BCUT2D eigenvalue weighted by Gasteiger charge is -2.27. The van der Waals surface area contributed by atoms with Crippen molar-refractivity contribution in [2.45, 2.75) is 13.3 Å². The predicted molar refractivity (Wildman–Crippen MR) is 122 cm³/mol. The molecule has 1 aliphatic heterocycles. The van der Waals surface area contributed by atoms with Gasteiger partial charge in [0, 0.05) is 36.2 Å². The highest BCUT2D eigenvalue weighted by atomic mass is 79.9. The number of anilines is 1. The van der Waals surface area contributed by atoms with Crippen LogP contribution in [0, 0.1) is 6.92 Å². The Labute approximate surface area is 183 Å². The quantitative estimate of drug-likeness (QED) is 0.518. The highest BCUT2D eigenvalue weighted by Crippen LogP contribution is 2.30. The first-order chi connectivity index (χ1) is 14.1. The molecule has 152 valence electrons. The smallest absolute Gasteiger partial charge is 0.260 e. The van der Waals surface area contributed by atoms with Gasteiger partial charge in [-0.05, 0) is 55.3 Å². The molecule has 0 unspecified atom stereocenters. The minimum Gasteiger partial charge on any atom is -0.379 e. The Morgan fingerprint density at radius 2 is 1.97 bits per heavy atom. The molecule has 5 nitrogen and oxygen atoms in total. The molecule has 0 aliphatic carbocycles. The summed E-state index contributed by atoms with van der Waals surface area (Å²) in [5.41, 5.74) is 2.82. The van der Waals surface area contributed by atoms with Crippen LogP contribution < -0.4 is 4.90 Å². The molecule has 1 fully saturated rings. The Hall–Kier alpha value is -1.80. The number of aromatic nitrogens is 1. The van der Waals surface area contributed by atoms with Crippen molar-refractivity contribution in [3.8, 4) is 0 Å². The van der Waals surface area contributed by atoms with Crippen molar-refractivity contribution in [3.05, 3.63) is 58.1 Å². The number of thiazole rings is 1. The van der Waals surface area contributed by atoms with Gasteiger partial charge < -0.3 is 4.74 Å². The SMILES string of the molecule is Cc1ccc2nc(N(CCCN3CCOCC3)C(=O)c3ccc(Br)cc3)sc2c1. The van der Waals surface area contributed by atoms with Gasteiger partial charge in [0.25, 0.3) is 5.91 Å². The van der Waals surface area contributed by atoms with E-state index in [4.69, 9.17) is 9.72 Å². The average Bonchev–Trinajstić information content (AvgIpc) is 3.15. The first-order valence-corrected chi connectivity index (χ1v) is 11.5. The van der Waals surface area contributed by atoms with Gasteiger partial charge in [-0.2, -0.15) is 0 Å². The number of halogens is 1. The summed E-state index contributed by atoms with van der Waals surface area (Å²) in [6.07, 6.45) is 0.900. The maximum atomic E-state index is 13.3. The van der Waals surface area contributed by atoms with Crippen molar-refractivity contribution in [2.24, 2.45) is 0 Å². The predicted octanol–water partition coefficient (Wildman–Crippen LogP) is 4.74. The van der Waals surface area contributed by atoms with Gasteiger partial charge in [0.15, 0.2) is 5.13 Å². The van der Waals surface area contributed by atoms with Crippen LogP contribution in [0.15, 0.2) is 46.9 Å². The summed E-state index contributed by atoms with van der Waals surface area (Å²) in [5, 5.41) is 0.764. The van der Waals surface area contributed by atoms with E-state index in [2.05, 4.69) is 39.9 Å². The number of hydrogen-bond donors (Lipinski definition) is 0. The van der Waals surface area contributed by atoms with Crippen LogP contribution in [-0.4, -0.2) is 55.2 Å². The summed E-state index contributed by atoms with van der Waals surface area (Å²) in [7, 11) is 0. The van der Waals surface area contributed by atoms with Crippen molar-refractivity contribution in [1.29, 1.82) is 0 Å². The summed E-state index contributed by atoms with van der Waals surface area (Å²) >= 11 is 5.02. The van der Waals surface area contributed by atoms with E-state index in [0.717, 1.165) is 59.1 Å². The number of ether oxygens (including phenoxy) is 1. The highest BCUT2D eigenvalue weighted by molar-refractivity contribution is 9.10. The molecule has 1 aliphatic rings. The summed E-state index contributed by atoms with van der Waals surface area (Å²) in [6.45, 7) is 7.17. The highest BCUT2D eigenvalue weighted by Gasteiger charge is 2.22. The van der Waals surface area contributed by atoms with Gasteiger partial charge in [-0.25, -0.2) is 4.98 Å². The summed E-state index contributed by atoms with van der Waals surface area (Å²) in [4.78, 5) is 22.3. The Morgan fingerprint density at radius 3 is 2.72 bits per heavy atom. The Balaban J connectivity index is 1.56. The number of benzene rings is 2. The maximum Gasteiger partial charge on any atom is 0.260 e. The van der Waals surface area contributed by atoms with Crippen molar-refractivity contribution in [3.63, 3.8) is 0 Å². The monoisotopic (exact) mass is 473 g/mol. The first kappa shape index (κ1) is 20.5. The molecule has 0 atom stereocenters. The maximum absolute atomic E-state index is 13.3. The Kier molecular flexibility index (Phi) is 6.60. The minimum atomic E-state index is -0.00439. The molecule has 4 rings (SSSR count). The standard InChI is InChI=1S/C22H24BrN3O2S/c1-16-3-8-19-20(15-16)29-22(24-19)26(10-2-9-25-11-13-28-14-12-25)21(27)17-4-6-18(23)7-5-17/h3-8,15H,2,9-14H2,1H3. The van der Waals surface area contributed by atoms with E-state index in [0.29, 0.717) is 12.1 Å². The average molecular weight is 474 g/mol. The molecule has 0 radical (unpaired) electrons. The van der Waals surface area contributed by atoms with Crippen LogP contribution in [0.4, 0.5) is 5.13 Å². The number of nitrogens with zero attached hydrogens (tertiary/aromatic N) is 3. The van der Waals surface area contributed by atoms with Crippen molar-refractivity contribution in [2.75, 3.05) is 44.3 Å². The lowest BCUT2D eigenvalue weighted by atomic mass is 10.2. The fourth-order valence-electron chi connectivity index (χ4n) is 3.44. The van der Waals surface area contributed by atoms with E-state index in [1.54, 1.807) is 11.3 Å². The first-order valence-electron chi connectivity index (χ1n) is 9.85. The summed E-state index contributed by atoms with van der Waals surface area (Å²) < 4.78 is 7.50. The van der Waals surface area contributed by atoms with E-state index in [-0.39, 0.29) is 5.91 Å². The van der Waals surface area contributed by atoms with E-state index >= 15 is 0 Å². The number of amides is 1. The number of carbonyl (C=O) groups is 1. The molecule has 1 amide bonds. The number of hydrogen-bond acceptors (Lipinski definition) is 5. The van der Waals surface area contributed by atoms with Crippen LogP contribution in [0.25, 0.3) is 10.2 Å². The third-order valence-electron chi connectivity index (χ3n) is 5.06. The Morgan fingerprint density at radius 1 is 1.21 bits per heavy atom. The second-order valence-electron chi connectivity index (χ2n) is 7.24. The van der Waals surface area contributed by atoms with Crippen LogP contribution in [0.1, 0.15) is 22.3 Å². The zero-order valence-electron chi connectivity index (χ0n) is 16.4. The molecule has 0 spiro atoms. The fourth-order valence-corrected chi connectivity index (χ4v) is 4.80. The van der Waals surface area contributed by atoms with Crippen molar-refractivity contribution in [1.82, 2.24) is 9.88 Å². The molecule has 2 aromatic carbocycles. The molecule has 2 heterocycles. The zero-order valence-corrected chi connectivity index (χ0v) is 18.8. The number of fused-ring (bicyclic) bond motifs is 1. The lowest BCUT2D eigenvalue weighted by Crippen LogP contribution is -2.39.